The van der Waals surface area contributed by atoms with Gasteiger partial charge in [0, 0.05) is 32.0 Å². The summed E-state index contributed by atoms with van der Waals surface area (Å²) >= 11 is 0. The van der Waals surface area contributed by atoms with Gasteiger partial charge < -0.3 is 15.0 Å². The van der Waals surface area contributed by atoms with Crippen LogP contribution in [0.3, 0.4) is 0 Å². The molecule has 1 heterocycles. The Balaban J connectivity index is 2.58. The predicted molar refractivity (Wildman–Crippen MR) is 57.6 cm³/mol. The molecule has 1 aliphatic heterocycles. The first-order valence-electron chi connectivity index (χ1n) is 5.03. The summed E-state index contributed by atoms with van der Waals surface area (Å²) in [7, 11) is 3.93. The number of nitrogens with zero attached hydrogens (tertiary/aromatic N) is 2. The molecule has 1 rings (SSSR count). The van der Waals surface area contributed by atoms with Gasteiger partial charge in [0.1, 0.15) is 6.29 Å². The third-order valence-corrected chi connectivity index (χ3v) is 2.89. The monoisotopic (exact) mass is 197 g/mol. The van der Waals surface area contributed by atoms with Crippen LogP contribution in [0.25, 0.3) is 0 Å². The van der Waals surface area contributed by atoms with E-state index in [2.05, 4.69) is 22.1 Å². The number of hydrogen-bond donors (Lipinski definition) is 1. The molecular weight excluding hydrogens is 178 g/mol. The molecule has 1 aliphatic rings. The van der Waals surface area contributed by atoms with Crippen molar-refractivity contribution in [1.82, 2.24) is 10.2 Å². The zero-order valence-corrected chi connectivity index (χ0v) is 9.10. The third kappa shape index (κ3) is 2.54. The maximum absolute atomic E-state index is 10.6. The van der Waals surface area contributed by atoms with Crippen molar-refractivity contribution in [2.45, 2.75) is 25.4 Å². The average molecular weight is 197 g/mol. The fourth-order valence-corrected chi connectivity index (χ4v) is 1.85. The Morgan fingerprint density at radius 1 is 1.79 bits per heavy atom. The summed E-state index contributed by atoms with van der Waals surface area (Å²) in [4.78, 5) is 17.0. The molecule has 14 heavy (non-hydrogen) atoms. The number of likely N-dealkylation sites (N-methyl/N-ethyl adjacent to an activating group) is 1. The van der Waals surface area contributed by atoms with Gasteiger partial charge in [-0.1, -0.05) is 0 Å². The molecule has 4 nitrogen and oxygen atoms in total. The van der Waals surface area contributed by atoms with Crippen LogP contribution in [0.1, 0.15) is 13.3 Å². The summed E-state index contributed by atoms with van der Waals surface area (Å²) in [6.45, 7) is 3.02. The smallest absolute Gasteiger partial charge is 0.120 e. The van der Waals surface area contributed by atoms with Crippen LogP contribution in [0.2, 0.25) is 0 Å². The summed E-state index contributed by atoms with van der Waals surface area (Å²) in [5.74, 6) is 0.304. The normalized spacial score (nSPS) is 25.1. The maximum atomic E-state index is 10.6. The molecule has 0 amide bonds. The van der Waals surface area contributed by atoms with Crippen molar-refractivity contribution in [2.75, 3.05) is 20.6 Å². The van der Waals surface area contributed by atoms with Gasteiger partial charge in [0.15, 0.2) is 0 Å². The standard InChI is InChI=1S/C10H19N3O/c1-8(11-2)9(4-5-14)10-6-13(3)7-12-10/h5,7-11H,4,6H2,1-3H3. The van der Waals surface area contributed by atoms with Crippen LogP contribution in [0.5, 0.6) is 0 Å². The van der Waals surface area contributed by atoms with Crippen molar-refractivity contribution in [2.24, 2.45) is 10.9 Å². The Kier molecular flexibility index (Phi) is 4.07. The Hall–Kier alpha value is -0.900. The number of hydrogen-bond acceptors (Lipinski definition) is 4. The molecule has 3 unspecified atom stereocenters. The average Bonchev–Trinajstić information content (AvgIpc) is 2.60. The van der Waals surface area contributed by atoms with E-state index < -0.39 is 0 Å². The van der Waals surface area contributed by atoms with Crippen LogP contribution in [-0.2, 0) is 4.79 Å². The molecule has 0 aromatic rings. The van der Waals surface area contributed by atoms with Crippen LogP contribution in [-0.4, -0.2) is 50.2 Å². The second-order valence-electron chi connectivity index (χ2n) is 3.92. The maximum Gasteiger partial charge on any atom is 0.120 e. The van der Waals surface area contributed by atoms with Crippen molar-refractivity contribution in [3.05, 3.63) is 0 Å². The highest BCUT2D eigenvalue weighted by Crippen LogP contribution is 2.19. The van der Waals surface area contributed by atoms with E-state index in [0.717, 1.165) is 12.8 Å². The van der Waals surface area contributed by atoms with Gasteiger partial charge in [-0.2, -0.15) is 0 Å². The lowest BCUT2D eigenvalue weighted by molar-refractivity contribution is -0.108. The van der Waals surface area contributed by atoms with Crippen molar-refractivity contribution in [1.29, 1.82) is 0 Å². The van der Waals surface area contributed by atoms with E-state index in [4.69, 9.17) is 0 Å². The molecule has 0 fully saturated rings. The van der Waals surface area contributed by atoms with E-state index >= 15 is 0 Å². The van der Waals surface area contributed by atoms with E-state index in [1.807, 2.05) is 20.4 Å². The number of carbonyl (C=O) groups excluding carboxylic acids is 1. The lowest BCUT2D eigenvalue weighted by Gasteiger charge is -2.26. The summed E-state index contributed by atoms with van der Waals surface area (Å²) in [6, 6.07) is 0.585. The van der Waals surface area contributed by atoms with E-state index in [9.17, 15) is 4.79 Å². The second-order valence-corrected chi connectivity index (χ2v) is 3.92. The second kappa shape index (κ2) is 5.10. The zero-order chi connectivity index (χ0) is 10.6. The summed E-state index contributed by atoms with van der Waals surface area (Å²) in [6.07, 6.45) is 3.43. The highest BCUT2D eigenvalue weighted by atomic mass is 16.1. The summed E-state index contributed by atoms with van der Waals surface area (Å²) < 4.78 is 0. The van der Waals surface area contributed by atoms with Gasteiger partial charge in [0.2, 0.25) is 0 Å². The fourth-order valence-electron chi connectivity index (χ4n) is 1.85. The van der Waals surface area contributed by atoms with E-state index in [0.29, 0.717) is 18.4 Å². The molecule has 0 radical (unpaired) electrons. The lowest BCUT2D eigenvalue weighted by atomic mass is 9.90. The molecule has 1 N–H and O–H groups in total. The highest BCUT2D eigenvalue weighted by molar-refractivity contribution is 5.58. The Morgan fingerprint density at radius 2 is 2.50 bits per heavy atom. The highest BCUT2D eigenvalue weighted by Gasteiger charge is 2.28. The van der Waals surface area contributed by atoms with Crippen LogP contribution in [0.15, 0.2) is 4.99 Å². The third-order valence-electron chi connectivity index (χ3n) is 2.89. The minimum atomic E-state index is 0.257. The molecule has 3 atom stereocenters. The molecule has 80 valence electrons. The van der Waals surface area contributed by atoms with Gasteiger partial charge in [0.25, 0.3) is 0 Å². The topological polar surface area (TPSA) is 44.7 Å². The first kappa shape index (κ1) is 11.2. The van der Waals surface area contributed by atoms with Crippen LogP contribution >= 0.6 is 0 Å². The number of rotatable bonds is 5. The molecule has 0 bridgehead atoms. The summed E-state index contributed by atoms with van der Waals surface area (Å²) in [5, 5.41) is 3.19. The van der Waals surface area contributed by atoms with Gasteiger partial charge >= 0.3 is 0 Å². The molecule has 0 aromatic carbocycles. The number of carbonyl (C=O) groups is 1. The Morgan fingerprint density at radius 3 is 2.93 bits per heavy atom. The number of aldehydes is 1. The molecular formula is C10H19N3O. The quantitative estimate of drug-likeness (QED) is 0.638. The zero-order valence-electron chi connectivity index (χ0n) is 9.10. The molecule has 0 saturated carbocycles. The fraction of sp³-hybridized carbons (Fsp3) is 0.800. The van der Waals surface area contributed by atoms with Crippen molar-refractivity contribution >= 4 is 12.6 Å². The van der Waals surface area contributed by atoms with E-state index in [1.165, 1.54) is 0 Å². The predicted octanol–water partition coefficient (Wildman–Crippen LogP) is 0.142. The largest absolute Gasteiger partial charge is 0.364 e. The lowest BCUT2D eigenvalue weighted by Crippen LogP contribution is -2.39. The Bertz CT molecular complexity index is 217. The van der Waals surface area contributed by atoms with Gasteiger partial charge in [-0.3, -0.25) is 4.99 Å². The van der Waals surface area contributed by atoms with E-state index in [-0.39, 0.29) is 6.04 Å². The molecule has 0 aromatic heterocycles. The minimum Gasteiger partial charge on any atom is -0.364 e. The SMILES string of the molecule is CNC(C)C(CC=O)C1CN(C)C=N1. The first-order valence-corrected chi connectivity index (χ1v) is 5.03. The summed E-state index contributed by atoms with van der Waals surface area (Å²) in [5.41, 5.74) is 0. The van der Waals surface area contributed by atoms with Crippen LogP contribution in [0, 0.1) is 5.92 Å². The molecule has 0 spiro atoms. The first-order chi connectivity index (χ1) is 6.69. The molecule has 0 aliphatic carbocycles. The van der Waals surface area contributed by atoms with Gasteiger partial charge in [0.05, 0.1) is 12.4 Å². The number of aliphatic imine (C=N–C) groups is 1. The molecule has 0 saturated heterocycles. The van der Waals surface area contributed by atoms with Gasteiger partial charge in [-0.25, -0.2) is 0 Å². The van der Waals surface area contributed by atoms with Crippen LogP contribution < -0.4 is 5.32 Å². The molecule has 4 heteroatoms. The Labute approximate surface area is 85.4 Å². The minimum absolute atomic E-state index is 0.257. The van der Waals surface area contributed by atoms with Crippen molar-refractivity contribution in [3.8, 4) is 0 Å². The van der Waals surface area contributed by atoms with Crippen molar-refractivity contribution < 1.29 is 4.79 Å². The number of nitrogens with one attached hydrogen (secondary N) is 1. The van der Waals surface area contributed by atoms with Gasteiger partial charge in [-0.15, -0.1) is 0 Å². The van der Waals surface area contributed by atoms with E-state index in [1.54, 1.807) is 0 Å². The van der Waals surface area contributed by atoms with Gasteiger partial charge in [-0.05, 0) is 14.0 Å². The van der Waals surface area contributed by atoms with Crippen molar-refractivity contribution in [3.63, 3.8) is 0 Å². The van der Waals surface area contributed by atoms with Crippen LogP contribution in [0.4, 0.5) is 0 Å².